The molecule has 0 atom stereocenters. The van der Waals surface area contributed by atoms with Gasteiger partial charge in [0.25, 0.3) is 0 Å². The quantitative estimate of drug-likeness (QED) is 0.238. The van der Waals surface area contributed by atoms with Crippen molar-refractivity contribution in [2.24, 2.45) is 0 Å². The first-order valence-corrected chi connectivity index (χ1v) is 10.2. The number of benzene rings is 4. The Labute approximate surface area is 199 Å². The van der Waals surface area contributed by atoms with E-state index in [-0.39, 0.29) is 10.8 Å². The van der Waals surface area contributed by atoms with Crippen molar-refractivity contribution < 1.29 is 46.1 Å². The maximum Gasteiger partial charge on any atom is 0.416 e. The van der Waals surface area contributed by atoms with Crippen LogP contribution >= 0.6 is 0 Å². The fourth-order valence-corrected chi connectivity index (χ4v) is 3.82. The summed E-state index contributed by atoms with van der Waals surface area (Å²) >= 11 is 0. The van der Waals surface area contributed by atoms with Crippen molar-refractivity contribution in [3.63, 3.8) is 0 Å². The number of alkyl halides is 6. The fraction of sp³-hybridized carbons (Fsp3) is 0.0769. The SMILES string of the molecule is O=C(c1cccc(C(F)(F)F)c1)c1c(O)ccc2c(C(=O)c3cccc(C(F)(F)F)c3)c(O)ccc12. The first-order valence-electron chi connectivity index (χ1n) is 10.2. The molecule has 4 rings (SSSR count). The van der Waals surface area contributed by atoms with Crippen molar-refractivity contribution in [3.05, 3.63) is 106 Å². The number of hydrogen-bond donors (Lipinski definition) is 2. The predicted molar refractivity (Wildman–Crippen MR) is 117 cm³/mol. The zero-order chi connectivity index (χ0) is 26.4. The summed E-state index contributed by atoms with van der Waals surface area (Å²) in [5.41, 5.74) is -3.86. The fourth-order valence-electron chi connectivity index (χ4n) is 3.82. The van der Waals surface area contributed by atoms with Crippen LogP contribution in [0, 0.1) is 0 Å². The summed E-state index contributed by atoms with van der Waals surface area (Å²) in [5, 5.41) is 20.6. The number of rotatable bonds is 4. The van der Waals surface area contributed by atoms with Crippen LogP contribution in [0.15, 0.2) is 72.8 Å². The summed E-state index contributed by atoms with van der Waals surface area (Å²) < 4.78 is 78.7. The van der Waals surface area contributed by atoms with Crippen molar-refractivity contribution in [1.29, 1.82) is 0 Å². The predicted octanol–water partition coefficient (Wildman–Crippen LogP) is 6.75. The monoisotopic (exact) mass is 504 g/mol. The molecule has 0 aromatic heterocycles. The van der Waals surface area contributed by atoms with Crippen molar-refractivity contribution in [2.75, 3.05) is 0 Å². The molecule has 0 unspecified atom stereocenters. The topological polar surface area (TPSA) is 74.6 Å². The molecule has 0 saturated heterocycles. The molecule has 0 amide bonds. The molecule has 0 aliphatic carbocycles. The number of ketones is 2. The van der Waals surface area contributed by atoms with Gasteiger partial charge in [-0.05, 0) is 59.3 Å². The van der Waals surface area contributed by atoms with Crippen LogP contribution in [0.25, 0.3) is 10.8 Å². The molecule has 2 N–H and O–H groups in total. The first-order chi connectivity index (χ1) is 16.8. The van der Waals surface area contributed by atoms with Crippen LogP contribution in [0.1, 0.15) is 43.0 Å². The molecule has 4 aromatic rings. The summed E-state index contributed by atoms with van der Waals surface area (Å²) in [7, 11) is 0. The molecule has 36 heavy (non-hydrogen) atoms. The standard InChI is InChI=1S/C26H14F6O4/c27-25(28,29)15-5-1-3-13(11-15)23(35)21-17-7-10-20(34)22(18(17)8-9-19(21)33)24(36)14-4-2-6-16(12-14)26(30,31)32/h1-12,33-34H. The normalized spacial score (nSPS) is 12.1. The van der Waals surface area contributed by atoms with E-state index in [9.17, 15) is 46.1 Å². The molecule has 0 heterocycles. The Balaban J connectivity index is 1.89. The Morgan fingerprint density at radius 3 is 1.25 bits per heavy atom. The first kappa shape index (κ1) is 24.8. The molecule has 184 valence electrons. The number of halogens is 6. The van der Waals surface area contributed by atoms with Gasteiger partial charge in [0, 0.05) is 11.1 Å². The highest BCUT2D eigenvalue weighted by atomic mass is 19.4. The lowest BCUT2D eigenvalue weighted by molar-refractivity contribution is -0.138. The van der Waals surface area contributed by atoms with Gasteiger partial charge in [-0.1, -0.05) is 24.3 Å². The van der Waals surface area contributed by atoms with Gasteiger partial charge in [0.1, 0.15) is 11.5 Å². The molecule has 0 saturated carbocycles. The van der Waals surface area contributed by atoms with Gasteiger partial charge in [-0.3, -0.25) is 9.59 Å². The highest BCUT2D eigenvalue weighted by Crippen LogP contribution is 2.37. The van der Waals surface area contributed by atoms with E-state index in [2.05, 4.69) is 0 Å². The molecule has 0 aliphatic rings. The van der Waals surface area contributed by atoms with E-state index in [0.29, 0.717) is 12.1 Å². The Hall–Kier alpha value is -4.34. The summed E-state index contributed by atoms with van der Waals surface area (Å²) in [6, 6.07) is 11.4. The third kappa shape index (κ3) is 4.49. The molecule has 0 spiro atoms. The molecule has 4 nitrogen and oxygen atoms in total. The summed E-state index contributed by atoms with van der Waals surface area (Å²) in [6.07, 6.45) is -9.46. The zero-order valence-electron chi connectivity index (χ0n) is 17.9. The average Bonchev–Trinajstić information content (AvgIpc) is 2.82. The van der Waals surface area contributed by atoms with Gasteiger partial charge in [0.05, 0.1) is 22.3 Å². The molecule has 0 radical (unpaired) electrons. The van der Waals surface area contributed by atoms with E-state index in [4.69, 9.17) is 0 Å². The largest absolute Gasteiger partial charge is 0.507 e. The third-order valence-electron chi connectivity index (χ3n) is 5.52. The van der Waals surface area contributed by atoms with Gasteiger partial charge in [-0.2, -0.15) is 26.3 Å². The lowest BCUT2D eigenvalue weighted by atomic mass is 9.90. The van der Waals surface area contributed by atoms with Gasteiger partial charge in [0.2, 0.25) is 0 Å². The second-order valence-corrected chi connectivity index (χ2v) is 7.83. The molecule has 0 fully saturated rings. The maximum absolute atomic E-state index is 13.2. The Bertz CT molecular complexity index is 1400. The molecule has 4 aromatic carbocycles. The molecular weight excluding hydrogens is 490 g/mol. The highest BCUT2D eigenvalue weighted by molar-refractivity contribution is 6.23. The smallest absolute Gasteiger partial charge is 0.416 e. The number of carbonyl (C=O) groups excluding carboxylic acids is 2. The van der Waals surface area contributed by atoms with E-state index < -0.39 is 68.8 Å². The number of fused-ring (bicyclic) bond motifs is 1. The lowest BCUT2D eigenvalue weighted by Crippen LogP contribution is -2.10. The van der Waals surface area contributed by atoms with Crippen LogP contribution in [0.2, 0.25) is 0 Å². The molecule has 10 heteroatoms. The second kappa shape index (κ2) is 8.71. The van der Waals surface area contributed by atoms with Crippen LogP contribution < -0.4 is 0 Å². The average molecular weight is 504 g/mol. The minimum atomic E-state index is -4.73. The van der Waals surface area contributed by atoms with E-state index in [1.807, 2.05) is 0 Å². The lowest BCUT2D eigenvalue weighted by Gasteiger charge is -2.14. The minimum Gasteiger partial charge on any atom is -0.507 e. The Kier molecular flexibility index (Phi) is 5.99. The van der Waals surface area contributed by atoms with E-state index in [1.54, 1.807) is 0 Å². The van der Waals surface area contributed by atoms with Crippen molar-refractivity contribution in [1.82, 2.24) is 0 Å². The number of hydrogen-bond acceptors (Lipinski definition) is 4. The Morgan fingerprint density at radius 2 is 0.917 bits per heavy atom. The van der Waals surface area contributed by atoms with Crippen molar-refractivity contribution in [3.8, 4) is 11.5 Å². The second-order valence-electron chi connectivity index (χ2n) is 7.83. The number of phenols is 2. The van der Waals surface area contributed by atoms with E-state index in [1.165, 1.54) is 12.1 Å². The molecular formula is C26H14F6O4. The van der Waals surface area contributed by atoms with Crippen molar-refractivity contribution in [2.45, 2.75) is 12.4 Å². The van der Waals surface area contributed by atoms with E-state index in [0.717, 1.165) is 48.5 Å². The van der Waals surface area contributed by atoms with Crippen molar-refractivity contribution >= 4 is 22.3 Å². The van der Waals surface area contributed by atoms with Crippen LogP contribution in [-0.4, -0.2) is 21.8 Å². The van der Waals surface area contributed by atoms with Gasteiger partial charge < -0.3 is 10.2 Å². The number of aromatic hydroxyl groups is 2. The van der Waals surface area contributed by atoms with Gasteiger partial charge in [0.15, 0.2) is 11.6 Å². The number of phenolic OH excluding ortho intramolecular Hbond substituents is 2. The van der Waals surface area contributed by atoms with E-state index >= 15 is 0 Å². The molecule has 0 aliphatic heterocycles. The van der Waals surface area contributed by atoms with Crippen LogP contribution in [0.4, 0.5) is 26.3 Å². The highest BCUT2D eigenvalue weighted by Gasteiger charge is 2.33. The summed E-state index contributed by atoms with van der Waals surface area (Å²) in [6.45, 7) is 0. The number of carbonyl (C=O) groups is 2. The van der Waals surface area contributed by atoms with Crippen LogP contribution in [0.5, 0.6) is 11.5 Å². The van der Waals surface area contributed by atoms with Crippen LogP contribution in [-0.2, 0) is 12.4 Å². The van der Waals surface area contributed by atoms with Gasteiger partial charge >= 0.3 is 12.4 Å². The summed E-state index contributed by atoms with van der Waals surface area (Å²) in [5.74, 6) is -3.19. The third-order valence-corrected chi connectivity index (χ3v) is 5.52. The zero-order valence-corrected chi connectivity index (χ0v) is 17.9. The minimum absolute atomic E-state index is 0.0921. The molecule has 0 bridgehead atoms. The maximum atomic E-state index is 13.2. The summed E-state index contributed by atoms with van der Waals surface area (Å²) in [4.78, 5) is 26.3. The van der Waals surface area contributed by atoms with Gasteiger partial charge in [-0.15, -0.1) is 0 Å². The van der Waals surface area contributed by atoms with Gasteiger partial charge in [-0.25, -0.2) is 0 Å². The Morgan fingerprint density at radius 1 is 0.556 bits per heavy atom. The van der Waals surface area contributed by atoms with Crippen LogP contribution in [0.3, 0.4) is 0 Å².